The van der Waals surface area contributed by atoms with Crippen molar-refractivity contribution in [1.82, 2.24) is 10.6 Å². The van der Waals surface area contributed by atoms with E-state index in [1.54, 1.807) is 6.07 Å². The number of nitrogens with zero attached hydrogens (tertiary/aromatic N) is 1. The van der Waals surface area contributed by atoms with Gasteiger partial charge >= 0.3 is 6.03 Å². The van der Waals surface area contributed by atoms with Gasteiger partial charge in [0, 0.05) is 25.2 Å². The largest absolute Gasteiger partial charge is 0.370 e. The summed E-state index contributed by atoms with van der Waals surface area (Å²) < 4.78 is 0. The topological polar surface area (TPSA) is 73.5 Å². The first-order valence-corrected chi connectivity index (χ1v) is 7.78. The van der Waals surface area contributed by atoms with Gasteiger partial charge in [-0.05, 0) is 37.5 Å². The van der Waals surface area contributed by atoms with Crippen LogP contribution >= 0.6 is 11.6 Å². The molecule has 0 aromatic heterocycles. The zero-order valence-electron chi connectivity index (χ0n) is 12.6. The summed E-state index contributed by atoms with van der Waals surface area (Å²) in [6, 6.07) is 5.04. The molecule has 0 radical (unpaired) electrons. The van der Waals surface area contributed by atoms with Crippen molar-refractivity contribution in [2.24, 2.45) is 0 Å². The summed E-state index contributed by atoms with van der Waals surface area (Å²) in [4.78, 5) is 25.3. The number of anilines is 2. The second-order valence-corrected chi connectivity index (χ2v) is 5.63. The predicted molar refractivity (Wildman–Crippen MR) is 88.6 cm³/mol. The second kappa shape index (κ2) is 7.89. The Morgan fingerprint density at radius 2 is 1.95 bits per heavy atom. The predicted octanol–water partition coefficient (Wildman–Crippen LogP) is 2.20. The van der Waals surface area contributed by atoms with Crippen molar-refractivity contribution in [2.75, 3.05) is 36.9 Å². The van der Waals surface area contributed by atoms with Crippen LogP contribution in [0.2, 0.25) is 5.02 Å². The third-order valence-electron chi connectivity index (χ3n) is 3.59. The van der Waals surface area contributed by atoms with Gasteiger partial charge in [0.1, 0.15) is 0 Å². The molecule has 1 heterocycles. The zero-order chi connectivity index (χ0) is 15.9. The lowest BCUT2D eigenvalue weighted by atomic mass is 10.1. The van der Waals surface area contributed by atoms with E-state index in [0.717, 1.165) is 31.6 Å². The summed E-state index contributed by atoms with van der Waals surface area (Å²) >= 11 is 6.03. The molecule has 0 spiro atoms. The molecule has 0 aliphatic carbocycles. The molecule has 22 heavy (non-hydrogen) atoms. The molecule has 0 atom stereocenters. The number of halogens is 1. The first kappa shape index (κ1) is 16.4. The molecular weight excluding hydrogens is 304 g/mol. The van der Waals surface area contributed by atoms with Crippen LogP contribution in [0.5, 0.6) is 0 Å². The summed E-state index contributed by atoms with van der Waals surface area (Å²) in [5.74, 6) is -0.252. The van der Waals surface area contributed by atoms with Crippen LogP contribution in [0, 0.1) is 0 Å². The Morgan fingerprint density at radius 3 is 2.64 bits per heavy atom. The average Bonchev–Trinajstić information content (AvgIpc) is 2.53. The second-order valence-electron chi connectivity index (χ2n) is 5.19. The summed E-state index contributed by atoms with van der Waals surface area (Å²) in [6.07, 6.45) is 3.52. The van der Waals surface area contributed by atoms with Crippen LogP contribution in [0.3, 0.4) is 0 Å². The van der Waals surface area contributed by atoms with E-state index in [4.69, 9.17) is 11.6 Å². The standard InChI is InChI=1S/C15H21ClN4O2/c1-17-14(21)10-18-15(22)19-12-9-11(16)5-6-13(12)20-7-3-2-4-8-20/h5-6,9H,2-4,7-8,10H2,1H3,(H,17,21)(H2,18,19,22). The number of piperidine rings is 1. The van der Waals surface area contributed by atoms with Gasteiger partial charge in [0.05, 0.1) is 17.9 Å². The van der Waals surface area contributed by atoms with E-state index in [9.17, 15) is 9.59 Å². The quantitative estimate of drug-likeness (QED) is 0.795. The highest BCUT2D eigenvalue weighted by Crippen LogP contribution is 2.31. The normalized spacial score (nSPS) is 14.4. The molecule has 1 fully saturated rings. The highest BCUT2D eigenvalue weighted by molar-refractivity contribution is 6.31. The molecule has 1 aliphatic heterocycles. The molecule has 1 saturated heterocycles. The fourth-order valence-electron chi connectivity index (χ4n) is 2.43. The SMILES string of the molecule is CNC(=O)CNC(=O)Nc1cc(Cl)ccc1N1CCCCC1. The third kappa shape index (κ3) is 4.53. The fourth-order valence-corrected chi connectivity index (χ4v) is 2.61. The number of urea groups is 1. The van der Waals surface area contributed by atoms with Crippen molar-refractivity contribution in [2.45, 2.75) is 19.3 Å². The number of carbonyl (C=O) groups is 2. The Morgan fingerprint density at radius 1 is 1.23 bits per heavy atom. The zero-order valence-corrected chi connectivity index (χ0v) is 13.4. The summed E-state index contributed by atoms with van der Waals surface area (Å²) in [7, 11) is 1.52. The van der Waals surface area contributed by atoms with E-state index >= 15 is 0 Å². The first-order valence-electron chi connectivity index (χ1n) is 7.40. The van der Waals surface area contributed by atoms with Gasteiger partial charge in [0.2, 0.25) is 5.91 Å². The van der Waals surface area contributed by atoms with Gasteiger partial charge in [-0.3, -0.25) is 4.79 Å². The van der Waals surface area contributed by atoms with Crippen molar-refractivity contribution in [1.29, 1.82) is 0 Å². The number of hydrogen-bond donors (Lipinski definition) is 3. The van der Waals surface area contributed by atoms with Crippen molar-refractivity contribution < 1.29 is 9.59 Å². The monoisotopic (exact) mass is 324 g/mol. The van der Waals surface area contributed by atoms with Gasteiger partial charge in [-0.2, -0.15) is 0 Å². The van der Waals surface area contributed by atoms with Crippen molar-refractivity contribution in [3.05, 3.63) is 23.2 Å². The molecular formula is C15H21ClN4O2. The highest BCUT2D eigenvalue weighted by Gasteiger charge is 2.16. The Kier molecular flexibility index (Phi) is 5.89. The number of carbonyl (C=O) groups excluding carboxylic acids is 2. The molecule has 0 bridgehead atoms. The van der Waals surface area contributed by atoms with Gasteiger partial charge < -0.3 is 20.9 Å². The van der Waals surface area contributed by atoms with Crippen LogP contribution < -0.4 is 20.9 Å². The summed E-state index contributed by atoms with van der Waals surface area (Å²) in [6.45, 7) is 1.87. The van der Waals surface area contributed by atoms with Crippen molar-refractivity contribution >= 4 is 34.9 Å². The van der Waals surface area contributed by atoms with E-state index in [1.807, 2.05) is 12.1 Å². The summed E-state index contributed by atoms with van der Waals surface area (Å²) in [5, 5.41) is 8.28. The smallest absolute Gasteiger partial charge is 0.319 e. The number of benzene rings is 1. The van der Waals surface area contributed by atoms with E-state index in [2.05, 4.69) is 20.9 Å². The minimum absolute atomic E-state index is 0.0675. The maximum atomic E-state index is 11.9. The molecule has 1 aromatic carbocycles. The Hall–Kier alpha value is -1.95. The molecule has 1 aromatic rings. The van der Waals surface area contributed by atoms with E-state index < -0.39 is 6.03 Å². The molecule has 0 saturated carbocycles. The van der Waals surface area contributed by atoms with Crippen LogP contribution in [0.4, 0.5) is 16.2 Å². The number of nitrogens with one attached hydrogen (secondary N) is 3. The Bertz CT molecular complexity index is 544. The van der Waals surface area contributed by atoms with Crippen LogP contribution in [0.25, 0.3) is 0 Å². The van der Waals surface area contributed by atoms with Gasteiger partial charge in [-0.1, -0.05) is 11.6 Å². The lowest BCUT2D eigenvalue weighted by Gasteiger charge is -2.30. The molecule has 1 aliphatic rings. The van der Waals surface area contributed by atoms with E-state index in [-0.39, 0.29) is 12.5 Å². The fraction of sp³-hybridized carbons (Fsp3) is 0.467. The lowest BCUT2D eigenvalue weighted by molar-refractivity contribution is -0.119. The average molecular weight is 325 g/mol. The van der Waals surface area contributed by atoms with Crippen molar-refractivity contribution in [3.63, 3.8) is 0 Å². The molecule has 2 rings (SSSR count). The number of rotatable bonds is 4. The molecule has 3 amide bonds. The lowest BCUT2D eigenvalue weighted by Crippen LogP contribution is -2.38. The number of amides is 3. The van der Waals surface area contributed by atoms with E-state index in [1.165, 1.54) is 13.5 Å². The number of likely N-dealkylation sites (N-methyl/N-ethyl adjacent to an activating group) is 1. The van der Waals surface area contributed by atoms with Gasteiger partial charge in [0.25, 0.3) is 0 Å². The van der Waals surface area contributed by atoms with E-state index in [0.29, 0.717) is 10.7 Å². The highest BCUT2D eigenvalue weighted by atomic mass is 35.5. The van der Waals surface area contributed by atoms with Crippen LogP contribution in [0.15, 0.2) is 18.2 Å². The molecule has 3 N–H and O–H groups in total. The van der Waals surface area contributed by atoms with Gasteiger partial charge in [-0.25, -0.2) is 4.79 Å². The Labute approximate surface area is 135 Å². The van der Waals surface area contributed by atoms with Gasteiger partial charge in [0.15, 0.2) is 0 Å². The first-order chi connectivity index (χ1) is 10.6. The van der Waals surface area contributed by atoms with Crippen LogP contribution in [-0.2, 0) is 4.79 Å². The number of hydrogen-bond acceptors (Lipinski definition) is 3. The summed E-state index contributed by atoms with van der Waals surface area (Å²) in [5.41, 5.74) is 1.61. The third-order valence-corrected chi connectivity index (χ3v) is 3.83. The minimum Gasteiger partial charge on any atom is -0.370 e. The maximum Gasteiger partial charge on any atom is 0.319 e. The maximum absolute atomic E-state index is 11.9. The molecule has 0 unspecified atom stereocenters. The molecule has 7 heteroatoms. The minimum atomic E-state index is -0.427. The Balaban J connectivity index is 2.06. The van der Waals surface area contributed by atoms with Crippen molar-refractivity contribution in [3.8, 4) is 0 Å². The van der Waals surface area contributed by atoms with Crippen LogP contribution in [0.1, 0.15) is 19.3 Å². The molecule has 6 nitrogen and oxygen atoms in total. The van der Waals surface area contributed by atoms with Gasteiger partial charge in [-0.15, -0.1) is 0 Å². The van der Waals surface area contributed by atoms with Crippen LogP contribution in [-0.4, -0.2) is 38.6 Å². The molecule has 120 valence electrons.